The van der Waals surface area contributed by atoms with Crippen LogP contribution in [0.15, 0.2) is 47.4 Å². The lowest BCUT2D eigenvalue weighted by Gasteiger charge is -2.21. The summed E-state index contributed by atoms with van der Waals surface area (Å²) in [6, 6.07) is 12.3. The van der Waals surface area contributed by atoms with E-state index in [2.05, 4.69) is 10.3 Å². The number of anilines is 1. The molecular weight excluding hydrogens is 426 g/mol. The fourth-order valence-electron chi connectivity index (χ4n) is 3.59. The molecule has 0 unspecified atom stereocenters. The lowest BCUT2D eigenvalue weighted by atomic mass is 10.1. The third kappa shape index (κ3) is 4.76. The highest BCUT2D eigenvalue weighted by molar-refractivity contribution is 7.89. The van der Waals surface area contributed by atoms with Crippen LogP contribution in [0.4, 0.5) is 5.69 Å². The summed E-state index contributed by atoms with van der Waals surface area (Å²) >= 11 is 0. The van der Waals surface area contributed by atoms with Crippen LogP contribution in [0.25, 0.3) is 10.9 Å². The predicted molar refractivity (Wildman–Crippen MR) is 127 cm³/mol. The van der Waals surface area contributed by atoms with Gasteiger partial charge in [-0.05, 0) is 57.2 Å². The first-order chi connectivity index (χ1) is 15.2. The van der Waals surface area contributed by atoms with E-state index in [9.17, 15) is 13.2 Å². The van der Waals surface area contributed by atoms with Gasteiger partial charge < -0.3 is 10.1 Å². The second-order valence-corrected chi connectivity index (χ2v) is 9.36. The molecule has 0 aliphatic heterocycles. The molecule has 1 aromatic heterocycles. The summed E-state index contributed by atoms with van der Waals surface area (Å²) < 4.78 is 33.2. The molecule has 0 spiro atoms. The number of nitrogens with one attached hydrogen (secondary N) is 1. The fourth-order valence-corrected chi connectivity index (χ4v) is 5.20. The number of carbonyl (C=O) groups excluding carboxylic acids is 1. The SMILES string of the molecule is CCOc1ccc(NC(=O)c2cc3cc(C)ccc3nc2C)cc1S(=O)(=O)N(CC)CC. The highest BCUT2D eigenvalue weighted by Gasteiger charge is 2.26. The Morgan fingerprint density at radius 3 is 2.41 bits per heavy atom. The second kappa shape index (κ2) is 9.67. The quantitative estimate of drug-likeness (QED) is 0.539. The van der Waals surface area contributed by atoms with Gasteiger partial charge in [0.15, 0.2) is 0 Å². The molecule has 8 heteroatoms. The van der Waals surface area contributed by atoms with Crippen molar-refractivity contribution >= 4 is 32.5 Å². The molecular formula is C24H29N3O4S. The third-order valence-corrected chi connectivity index (χ3v) is 7.30. The zero-order chi connectivity index (χ0) is 23.5. The molecule has 0 radical (unpaired) electrons. The van der Waals surface area contributed by atoms with E-state index in [1.807, 2.05) is 31.2 Å². The first kappa shape index (κ1) is 23.7. The number of hydrogen-bond donors (Lipinski definition) is 1. The molecule has 0 bridgehead atoms. The van der Waals surface area contributed by atoms with E-state index in [1.165, 1.54) is 10.4 Å². The van der Waals surface area contributed by atoms with Gasteiger partial charge in [-0.15, -0.1) is 0 Å². The summed E-state index contributed by atoms with van der Waals surface area (Å²) in [5, 5.41) is 3.69. The van der Waals surface area contributed by atoms with E-state index in [1.54, 1.807) is 39.8 Å². The van der Waals surface area contributed by atoms with Gasteiger partial charge in [0.25, 0.3) is 5.91 Å². The Bertz CT molecular complexity index is 1250. The Morgan fingerprint density at radius 2 is 1.75 bits per heavy atom. The van der Waals surface area contributed by atoms with Gasteiger partial charge in [0.2, 0.25) is 10.0 Å². The molecule has 1 heterocycles. The minimum absolute atomic E-state index is 0.0323. The van der Waals surface area contributed by atoms with Crippen molar-refractivity contribution in [2.75, 3.05) is 25.0 Å². The Kier molecular flexibility index (Phi) is 7.16. The van der Waals surface area contributed by atoms with Gasteiger partial charge in [-0.2, -0.15) is 4.31 Å². The maximum atomic E-state index is 13.2. The Balaban J connectivity index is 2.00. The number of fused-ring (bicyclic) bond motifs is 1. The summed E-state index contributed by atoms with van der Waals surface area (Å²) in [5.41, 5.74) is 3.30. The number of pyridine rings is 1. The molecule has 0 saturated heterocycles. The van der Waals surface area contributed by atoms with Crippen LogP contribution in [0, 0.1) is 13.8 Å². The molecule has 1 amide bonds. The van der Waals surface area contributed by atoms with E-state index in [0.717, 1.165) is 16.5 Å². The van der Waals surface area contributed by atoms with Gasteiger partial charge in [-0.1, -0.05) is 25.5 Å². The first-order valence-electron chi connectivity index (χ1n) is 10.7. The van der Waals surface area contributed by atoms with E-state index < -0.39 is 10.0 Å². The van der Waals surface area contributed by atoms with Crippen molar-refractivity contribution < 1.29 is 17.9 Å². The lowest BCUT2D eigenvalue weighted by Crippen LogP contribution is -2.31. The molecule has 170 valence electrons. The normalized spacial score (nSPS) is 11.7. The van der Waals surface area contributed by atoms with Crippen molar-refractivity contribution in [2.24, 2.45) is 0 Å². The lowest BCUT2D eigenvalue weighted by molar-refractivity contribution is 0.102. The zero-order valence-corrected chi connectivity index (χ0v) is 19.9. The first-order valence-corrected chi connectivity index (χ1v) is 12.1. The maximum Gasteiger partial charge on any atom is 0.257 e. The van der Waals surface area contributed by atoms with E-state index in [-0.39, 0.29) is 16.6 Å². The number of aryl methyl sites for hydroxylation is 2. The zero-order valence-electron chi connectivity index (χ0n) is 19.1. The number of carbonyl (C=O) groups is 1. The molecule has 0 aliphatic carbocycles. The van der Waals surface area contributed by atoms with Crippen molar-refractivity contribution in [1.82, 2.24) is 9.29 Å². The number of ether oxygens (including phenoxy) is 1. The van der Waals surface area contributed by atoms with Crippen LogP contribution in [0.2, 0.25) is 0 Å². The minimum atomic E-state index is -3.77. The van der Waals surface area contributed by atoms with Crippen LogP contribution in [0.3, 0.4) is 0 Å². The molecule has 2 aromatic carbocycles. The average molecular weight is 456 g/mol. The van der Waals surface area contributed by atoms with Crippen molar-refractivity contribution in [3.8, 4) is 5.75 Å². The number of aromatic nitrogens is 1. The van der Waals surface area contributed by atoms with Crippen LogP contribution in [-0.2, 0) is 10.0 Å². The largest absolute Gasteiger partial charge is 0.492 e. The van der Waals surface area contributed by atoms with Crippen LogP contribution in [0.1, 0.15) is 42.4 Å². The second-order valence-electron chi connectivity index (χ2n) is 7.46. The molecule has 7 nitrogen and oxygen atoms in total. The molecule has 0 atom stereocenters. The Morgan fingerprint density at radius 1 is 1.03 bits per heavy atom. The van der Waals surface area contributed by atoms with Crippen LogP contribution < -0.4 is 10.1 Å². The molecule has 1 N–H and O–H groups in total. The van der Waals surface area contributed by atoms with Crippen molar-refractivity contribution in [1.29, 1.82) is 0 Å². The summed E-state index contributed by atoms with van der Waals surface area (Å²) in [7, 11) is -3.77. The number of benzene rings is 2. The smallest absolute Gasteiger partial charge is 0.257 e. The highest BCUT2D eigenvalue weighted by Crippen LogP contribution is 2.30. The number of hydrogen-bond acceptors (Lipinski definition) is 5. The average Bonchev–Trinajstić information content (AvgIpc) is 2.75. The topological polar surface area (TPSA) is 88.6 Å². The third-order valence-electron chi connectivity index (χ3n) is 5.23. The van der Waals surface area contributed by atoms with E-state index >= 15 is 0 Å². The Labute approximate surface area is 189 Å². The molecule has 3 rings (SSSR count). The summed E-state index contributed by atoms with van der Waals surface area (Å²) in [6.07, 6.45) is 0. The van der Waals surface area contributed by atoms with Crippen molar-refractivity contribution in [3.63, 3.8) is 0 Å². The van der Waals surface area contributed by atoms with E-state index in [0.29, 0.717) is 36.6 Å². The molecule has 3 aromatic rings. The Hall–Kier alpha value is -2.97. The molecule has 0 saturated carbocycles. The van der Waals surface area contributed by atoms with Gasteiger partial charge in [0.1, 0.15) is 10.6 Å². The van der Waals surface area contributed by atoms with Crippen molar-refractivity contribution in [3.05, 3.63) is 59.3 Å². The molecule has 0 aliphatic rings. The molecule has 0 fully saturated rings. The number of rotatable bonds is 8. The summed E-state index contributed by atoms with van der Waals surface area (Å²) in [6.45, 7) is 10.1. The van der Waals surface area contributed by atoms with Gasteiger partial charge in [-0.3, -0.25) is 9.78 Å². The van der Waals surface area contributed by atoms with Gasteiger partial charge >= 0.3 is 0 Å². The minimum Gasteiger partial charge on any atom is -0.492 e. The van der Waals surface area contributed by atoms with Gasteiger partial charge in [-0.25, -0.2) is 8.42 Å². The number of amides is 1. The summed E-state index contributed by atoms with van der Waals surface area (Å²) in [4.78, 5) is 17.6. The number of sulfonamides is 1. The predicted octanol–water partition coefficient (Wildman–Crippen LogP) is 4.53. The van der Waals surface area contributed by atoms with E-state index in [4.69, 9.17) is 4.74 Å². The molecule has 32 heavy (non-hydrogen) atoms. The fraction of sp³-hybridized carbons (Fsp3) is 0.333. The van der Waals surface area contributed by atoms with Crippen LogP contribution in [-0.4, -0.2) is 43.3 Å². The van der Waals surface area contributed by atoms with Gasteiger partial charge in [0, 0.05) is 24.2 Å². The summed E-state index contributed by atoms with van der Waals surface area (Å²) in [5.74, 6) is -0.0924. The highest BCUT2D eigenvalue weighted by atomic mass is 32.2. The monoisotopic (exact) mass is 455 g/mol. The standard InChI is InChI=1S/C24H29N3O4S/c1-6-27(7-2)32(29,30)23-15-19(10-12-22(23)31-8-3)26-24(28)20-14-18-13-16(4)9-11-21(18)25-17(20)5/h9-15H,6-8H2,1-5H3,(H,26,28). The maximum absolute atomic E-state index is 13.2. The van der Waals surface area contributed by atoms with Crippen molar-refractivity contribution in [2.45, 2.75) is 39.5 Å². The van der Waals surface area contributed by atoms with Gasteiger partial charge in [0.05, 0.1) is 23.4 Å². The van der Waals surface area contributed by atoms with Crippen LogP contribution in [0.5, 0.6) is 5.75 Å². The number of nitrogens with zero attached hydrogens (tertiary/aromatic N) is 2. The van der Waals surface area contributed by atoms with Crippen LogP contribution >= 0.6 is 0 Å².